The van der Waals surface area contributed by atoms with Crippen molar-refractivity contribution in [1.82, 2.24) is 0 Å². The van der Waals surface area contributed by atoms with E-state index in [1.807, 2.05) is 0 Å². The molecule has 0 aliphatic heterocycles. The van der Waals surface area contributed by atoms with Gasteiger partial charge in [0, 0.05) is 44.4 Å². The van der Waals surface area contributed by atoms with Crippen LogP contribution in [0.25, 0.3) is 88.0 Å². The minimum absolute atomic E-state index is 0.0537. The number of fused-ring (bicyclic) bond motifs is 5. The number of anilines is 6. The monoisotopic (exact) mass is 1020 g/mol. The predicted octanol–water partition coefficient (Wildman–Crippen LogP) is 22.1. The van der Waals surface area contributed by atoms with Gasteiger partial charge in [0.1, 0.15) is 11.2 Å². The minimum atomic E-state index is 0.0537. The Kier molecular flexibility index (Phi) is 12.4. The summed E-state index contributed by atoms with van der Waals surface area (Å²) in [6.45, 7) is 13.6. The van der Waals surface area contributed by atoms with Crippen LogP contribution in [0.4, 0.5) is 34.1 Å². The van der Waals surface area contributed by atoms with Crippen molar-refractivity contribution in [2.45, 2.75) is 52.4 Å². The van der Waals surface area contributed by atoms with Crippen LogP contribution in [-0.2, 0) is 10.8 Å². The Hall–Kier alpha value is -9.44. The second-order valence-electron chi connectivity index (χ2n) is 23.0. The Labute approximate surface area is 464 Å². The van der Waals surface area contributed by atoms with Crippen molar-refractivity contribution in [2.75, 3.05) is 9.80 Å². The highest BCUT2D eigenvalue weighted by Gasteiger charge is 2.24. The molecular formula is C76H62N2O. The summed E-state index contributed by atoms with van der Waals surface area (Å²) in [5.74, 6) is 0. The van der Waals surface area contributed by atoms with Gasteiger partial charge in [-0.25, -0.2) is 0 Å². The lowest BCUT2D eigenvalue weighted by atomic mass is 9.86. The van der Waals surface area contributed by atoms with Crippen molar-refractivity contribution in [3.8, 4) is 44.5 Å². The molecule has 0 saturated carbocycles. The van der Waals surface area contributed by atoms with Gasteiger partial charge in [0.15, 0.2) is 0 Å². The minimum Gasteiger partial charge on any atom is -0.456 e. The summed E-state index contributed by atoms with van der Waals surface area (Å²) in [4.78, 5) is 4.87. The van der Waals surface area contributed by atoms with Crippen LogP contribution in [0.1, 0.15) is 52.7 Å². The van der Waals surface area contributed by atoms with Crippen molar-refractivity contribution < 1.29 is 4.42 Å². The van der Waals surface area contributed by atoms with E-state index in [4.69, 9.17) is 4.42 Å². The molecule has 1 aromatic heterocycles. The fourth-order valence-electron chi connectivity index (χ4n) is 11.5. The van der Waals surface area contributed by atoms with E-state index in [2.05, 4.69) is 318 Å². The predicted molar refractivity (Wildman–Crippen MR) is 337 cm³/mol. The van der Waals surface area contributed by atoms with Crippen molar-refractivity contribution in [3.63, 3.8) is 0 Å². The van der Waals surface area contributed by atoms with Gasteiger partial charge in [-0.2, -0.15) is 0 Å². The van der Waals surface area contributed by atoms with E-state index in [9.17, 15) is 0 Å². The molecule has 0 radical (unpaired) electrons. The Morgan fingerprint density at radius 3 is 0.899 bits per heavy atom. The van der Waals surface area contributed by atoms with Crippen molar-refractivity contribution >= 4 is 77.6 Å². The van der Waals surface area contributed by atoms with E-state index >= 15 is 0 Å². The second kappa shape index (κ2) is 19.8. The first-order valence-corrected chi connectivity index (χ1v) is 27.6. The van der Waals surface area contributed by atoms with Crippen molar-refractivity contribution in [3.05, 3.63) is 278 Å². The number of furan rings is 1. The zero-order valence-corrected chi connectivity index (χ0v) is 45.7. The maximum atomic E-state index is 6.96. The van der Waals surface area contributed by atoms with Crippen LogP contribution < -0.4 is 9.80 Å². The van der Waals surface area contributed by atoms with E-state index < -0.39 is 0 Å². The summed E-state index contributed by atoms with van der Waals surface area (Å²) in [6, 6.07) is 97.6. The Balaban J connectivity index is 0.942. The van der Waals surface area contributed by atoms with E-state index in [0.717, 1.165) is 111 Å². The molecule has 0 fully saturated rings. The molecule has 13 rings (SSSR count). The van der Waals surface area contributed by atoms with Crippen LogP contribution in [0.2, 0.25) is 0 Å². The first-order valence-electron chi connectivity index (χ1n) is 27.6. The summed E-state index contributed by atoms with van der Waals surface area (Å²) in [6.07, 6.45) is 0. The third-order valence-corrected chi connectivity index (χ3v) is 15.7. The quantitative estimate of drug-likeness (QED) is 0.136. The summed E-state index contributed by atoms with van der Waals surface area (Å²) in [5, 5.41) is 6.70. The number of rotatable bonds is 10. The van der Waals surface area contributed by atoms with Crippen LogP contribution >= 0.6 is 0 Å². The molecule has 1 heterocycles. The molecule has 0 aliphatic rings. The van der Waals surface area contributed by atoms with E-state index in [-0.39, 0.29) is 10.8 Å². The molecule has 13 aromatic rings. The molecule has 0 amide bonds. The lowest BCUT2D eigenvalue weighted by Crippen LogP contribution is -2.13. The Morgan fingerprint density at radius 1 is 0.266 bits per heavy atom. The van der Waals surface area contributed by atoms with Gasteiger partial charge in [0.25, 0.3) is 0 Å². The molecule has 79 heavy (non-hydrogen) atoms. The lowest BCUT2D eigenvalue weighted by molar-refractivity contribution is 0.590. The molecule has 0 unspecified atom stereocenters. The van der Waals surface area contributed by atoms with E-state index in [1.54, 1.807) is 0 Å². The molecule has 0 N–H and O–H groups in total. The van der Waals surface area contributed by atoms with Crippen LogP contribution in [0.5, 0.6) is 0 Å². The largest absolute Gasteiger partial charge is 0.456 e. The Morgan fingerprint density at radius 2 is 0.570 bits per heavy atom. The highest BCUT2D eigenvalue weighted by Crippen LogP contribution is 2.48. The van der Waals surface area contributed by atoms with Crippen molar-refractivity contribution in [1.29, 1.82) is 0 Å². The molecule has 3 nitrogen and oxygen atoms in total. The molecule has 3 heteroatoms. The molecule has 0 aliphatic carbocycles. The molecular weight excluding hydrogens is 957 g/mol. The summed E-state index contributed by atoms with van der Waals surface area (Å²) < 4.78 is 6.96. The fraction of sp³-hybridized carbons (Fsp3) is 0.105. The number of hydrogen-bond acceptors (Lipinski definition) is 3. The standard InChI is InChI=1S/C76H62N2O/c1-75(2,3)59-39-33-53(34-40-59)65-27-15-19-31-71(65)77(69-29-17-13-25-63(69)51-21-9-7-10-22-51)61-43-37-55-47-67-68-48-56-38-44-62(46-58(56)50-74(68)79-73(67)49-57(55)45-61)78(70-30-18-14-26-64(70)52-23-11-8-12-24-52)72-32-20-16-28-66(72)54-35-41-60(42-36-54)76(4,5)6/h7-50H,1-6H3. The summed E-state index contributed by atoms with van der Waals surface area (Å²) >= 11 is 0. The first-order chi connectivity index (χ1) is 38.4. The molecule has 0 saturated heterocycles. The van der Waals surface area contributed by atoms with Gasteiger partial charge in [-0.05, 0) is 139 Å². The third kappa shape index (κ3) is 9.32. The lowest BCUT2D eigenvalue weighted by Gasteiger charge is -2.30. The highest BCUT2D eigenvalue weighted by atomic mass is 16.3. The fourth-order valence-corrected chi connectivity index (χ4v) is 11.5. The first kappa shape index (κ1) is 49.2. The van der Waals surface area contributed by atoms with Gasteiger partial charge in [-0.15, -0.1) is 0 Å². The van der Waals surface area contributed by atoms with Crippen LogP contribution in [0, 0.1) is 0 Å². The highest BCUT2D eigenvalue weighted by molar-refractivity contribution is 6.14. The number of para-hydroxylation sites is 4. The van der Waals surface area contributed by atoms with Crippen molar-refractivity contribution in [2.24, 2.45) is 0 Å². The number of nitrogens with zero attached hydrogens (tertiary/aromatic N) is 2. The average molecular weight is 1020 g/mol. The van der Waals surface area contributed by atoms with Gasteiger partial charge in [0.05, 0.1) is 22.7 Å². The smallest absolute Gasteiger partial charge is 0.136 e. The number of hydrogen-bond donors (Lipinski definition) is 0. The second-order valence-corrected chi connectivity index (χ2v) is 23.0. The summed E-state index contributed by atoms with van der Waals surface area (Å²) in [5.41, 5.74) is 20.3. The SMILES string of the molecule is CC(C)(C)c1ccc(-c2ccccc2N(c2ccc3cc4c(cc3c2)oc2cc3cc(N(c5ccccc5-c5ccccc5)c5ccccc5-c5ccc(C(C)(C)C)cc5)ccc3cc24)c2ccccc2-c2ccccc2)cc1. The molecule has 0 spiro atoms. The molecule has 0 atom stereocenters. The zero-order chi connectivity index (χ0) is 53.8. The van der Waals surface area contributed by atoms with Gasteiger partial charge >= 0.3 is 0 Å². The number of benzene rings is 12. The van der Waals surface area contributed by atoms with Gasteiger partial charge in [0.2, 0.25) is 0 Å². The van der Waals surface area contributed by atoms with Gasteiger partial charge in [-0.3, -0.25) is 0 Å². The van der Waals surface area contributed by atoms with Gasteiger partial charge in [-0.1, -0.05) is 236 Å². The van der Waals surface area contributed by atoms with E-state index in [0.29, 0.717) is 0 Å². The van der Waals surface area contributed by atoms with E-state index in [1.165, 1.54) is 22.3 Å². The topological polar surface area (TPSA) is 19.6 Å². The van der Waals surface area contributed by atoms with Gasteiger partial charge < -0.3 is 14.2 Å². The normalized spacial score (nSPS) is 11.9. The van der Waals surface area contributed by atoms with Crippen LogP contribution in [-0.4, -0.2) is 0 Å². The van der Waals surface area contributed by atoms with Crippen LogP contribution in [0.15, 0.2) is 271 Å². The third-order valence-electron chi connectivity index (χ3n) is 15.7. The molecule has 0 bridgehead atoms. The maximum absolute atomic E-state index is 6.96. The zero-order valence-electron chi connectivity index (χ0n) is 45.7. The molecule has 12 aromatic carbocycles. The average Bonchev–Trinajstić information content (AvgIpc) is 4.08. The summed E-state index contributed by atoms with van der Waals surface area (Å²) in [7, 11) is 0. The maximum Gasteiger partial charge on any atom is 0.136 e. The van der Waals surface area contributed by atoms with Crippen LogP contribution in [0.3, 0.4) is 0 Å². The Bertz CT molecular complexity index is 4090. The molecule has 382 valence electrons.